The lowest BCUT2D eigenvalue weighted by atomic mass is 10.2. The molecule has 9 heteroatoms. The Bertz CT molecular complexity index is 1240. The molecular formula is C26H30F4N3OP. The second kappa shape index (κ2) is 9.47. The van der Waals surface area contributed by atoms with Gasteiger partial charge >= 0.3 is 6.18 Å². The van der Waals surface area contributed by atoms with Gasteiger partial charge in [0.2, 0.25) is 0 Å². The van der Waals surface area contributed by atoms with Crippen LogP contribution in [0.25, 0.3) is 0 Å². The molecular weight excluding hydrogens is 477 g/mol. The number of para-hydroxylation sites is 1. The van der Waals surface area contributed by atoms with Gasteiger partial charge in [-0.15, -0.1) is 0 Å². The summed E-state index contributed by atoms with van der Waals surface area (Å²) in [5.74, 6) is 0.450. The summed E-state index contributed by atoms with van der Waals surface area (Å²) in [5.41, 5.74) is 0.772. The predicted molar refractivity (Wildman–Crippen MR) is 133 cm³/mol. The van der Waals surface area contributed by atoms with Crippen LogP contribution in [-0.4, -0.2) is 36.0 Å². The van der Waals surface area contributed by atoms with Gasteiger partial charge in [-0.3, -0.25) is 4.67 Å². The van der Waals surface area contributed by atoms with Crippen LogP contribution in [0.15, 0.2) is 69.8 Å². The molecule has 0 amide bonds. The van der Waals surface area contributed by atoms with Crippen LogP contribution >= 0.6 is 7.21 Å². The maximum absolute atomic E-state index is 14.4. The Kier molecular flexibility index (Phi) is 6.91. The molecule has 0 unspecified atom stereocenters. The van der Waals surface area contributed by atoms with Crippen LogP contribution < -0.4 is 10.4 Å². The van der Waals surface area contributed by atoms with Crippen molar-refractivity contribution in [3.05, 3.63) is 77.8 Å². The van der Waals surface area contributed by atoms with Gasteiger partial charge in [0.15, 0.2) is 5.50 Å². The molecule has 0 radical (unpaired) electrons. The van der Waals surface area contributed by atoms with Gasteiger partial charge in [0.25, 0.3) is 0 Å². The molecule has 1 fully saturated rings. The molecule has 2 heterocycles. The van der Waals surface area contributed by atoms with Crippen molar-refractivity contribution in [3.63, 3.8) is 0 Å². The lowest BCUT2D eigenvalue weighted by Crippen LogP contribution is -2.49. The molecule has 0 bridgehead atoms. The van der Waals surface area contributed by atoms with Crippen molar-refractivity contribution in [2.24, 2.45) is 4.74 Å². The van der Waals surface area contributed by atoms with E-state index in [2.05, 4.69) is 25.4 Å². The highest BCUT2D eigenvalue weighted by atomic mass is 31.2. The largest absolute Gasteiger partial charge is 0.459 e. The molecule has 1 atom stereocenters. The van der Waals surface area contributed by atoms with Gasteiger partial charge in [0, 0.05) is 31.3 Å². The molecule has 35 heavy (non-hydrogen) atoms. The molecule has 3 aromatic rings. The quantitative estimate of drug-likeness (QED) is 0.272. The topological polar surface area (TPSA) is 32.0 Å². The van der Waals surface area contributed by atoms with E-state index in [-0.39, 0.29) is 11.5 Å². The maximum atomic E-state index is 14.4. The van der Waals surface area contributed by atoms with Gasteiger partial charge in [0.1, 0.15) is 18.8 Å². The van der Waals surface area contributed by atoms with Crippen LogP contribution in [0.3, 0.4) is 0 Å². The third-order valence-corrected chi connectivity index (χ3v) is 10.7. The van der Waals surface area contributed by atoms with Crippen molar-refractivity contribution < 1.29 is 22.0 Å². The van der Waals surface area contributed by atoms with Crippen LogP contribution in [0, 0.1) is 12.7 Å². The number of alkyl halides is 3. The number of hydrogen-bond acceptors (Lipinski definition) is 3. The minimum atomic E-state index is -4.46. The minimum Gasteiger partial charge on any atom is -0.459 e. The lowest BCUT2D eigenvalue weighted by molar-refractivity contribution is -0.137. The standard InChI is InChI=1S/C26H30F4N3OP/c1-19-12-13-24(34-19)35(25(2,3)4,31-21-9-7-8-20(18-21)26(28,29)30)33-16-14-32(15-17-33)23-11-6-5-10-22(23)27/h5-13,18H,14-17H2,1-4H3/t35-/m1/s1. The summed E-state index contributed by atoms with van der Waals surface area (Å²) in [5, 5.41) is -0.439. The highest BCUT2D eigenvalue weighted by Crippen LogP contribution is 2.64. The van der Waals surface area contributed by atoms with E-state index in [0.29, 0.717) is 37.4 Å². The molecule has 1 aliphatic rings. The summed E-state index contributed by atoms with van der Waals surface area (Å²) in [4.78, 5) is 2.00. The number of hydrogen-bond donors (Lipinski definition) is 0. The van der Waals surface area contributed by atoms with Crippen molar-refractivity contribution in [1.29, 1.82) is 0 Å². The molecule has 188 valence electrons. The predicted octanol–water partition coefficient (Wildman–Crippen LogP) is 7.44. The average molecular weight is 508 g/mol. The third kappa shape index (κ3) is 5.05. The summed E-state index contributed by atoms with van der Waals surface area (Å²) >= 11 is 0. The van der Waals surface area contributed by atoms with Crippen molar-refractivity contribution >= 4 is 24.1 Å². The summed E-state index contributed by atoms with van der Waals surface area (Å²) in [7, 11) is -2.71. The number of halogens is 4. The molecule has 2 aromatic carbocycles. The molecule has 0 spiro atoms. The van der Waals surface area contributed by atoms with Gasteiger partial charge in [-0.25, -0.2) is 9.14 Å². The first-order valence-electron chi connectivity index (χ1n) is 11.5. The maximum Gasteiger partial charge on any atom is 0.416 e. The fourth-order valence-electron chi connectivity index (χ4n) is 4.59. The second-order valence-electron chi connectivity index (χ2n) is 9.70. The molecule has 4 nitrogen and oxygen atoms in total. The minimum absolute atomic E-state index is 0.270. The van der Waals surface area contributed by atoms with Crippen LogP contribution in [0.1, 0.15) is 32.1 Å². The fraction of sp³-hybridized carbons (Fsp3) is 0.385. The van der Waals surface area contributed by atoms with Gasteiger partial charge in [-0.2, -0.15) is 13.2 Å². The number of rotatable bonds is 4. The number of piperazine rings is 1. The highest BCUT2D eigenvalue weighted by Gasteiger charge is 2.45. The van der Waals surface area contributed by atoms with Crippen LogP contribution in [0.2, 0.25) is 0 Å². The Morgan fingerprint density at radius 1 is 0.886 bits per heavy atom. The summed E-state index contributed by atoms with van der Waals surface area (Å²) < 4.78 is 68.3. The summed E-state index contributed by atoms with van der Waals surface area (Å²) in [6, 6.07) is 15.6. The second-order valence-corrected chi connectivity index (χ2v) is 13.4. The third-order valence-electron chi connectivity index (χ3n) is 6.26. The van der Waals surface area contributed by atoms with Crippen LogP contribution in [0.5, 0.6) is 0 Å². The number of benzene rings is 2. The van der Waals surface area contributed by atoms with Gasteiger partial charge in [-0.05, 0) is 49.4 Å². The first-order chi connectivity index (χ1) is 16.4. The SMILES string of the molecule is Cc1ccc([P@@](=Nc2cccc(C(F)(F)F)c2)(N2CCN(c3ccccc3F)CC2)C(C)(C)C)o1. The number of furan rings is 1. The van der Waals surface area contributed by atoms with E-state index in [4.69, 9.17) is 9.16 Å². The number of anilines is 1. The lowest BCUT2D eigenvalue weighted by Gasteiger charge is -2.47. The Hall–Kier alpha value is -2.57. The summed E-state index contributed by atoms with van der Waals surface area (Å²) in [6.07, 6.45) is -4.46. The highest BCUT2D eigenvalue weighted by molar-refractivity contribution is 7.72. The fourth-order valence-corrected chi connectivity index (χ4v) is 8.68. The van der Waals surface area contributed by atoms with Crippen molar-refractivity contribution in [2.75, 3.05) is 31.1 Å². The molecule has 4 rings (SSSR count). The monoisotopic (exact) mass is 507 g/mol. The van der Waals surface area contributed by atoms with E-state index < -0.39 is 24.1 Å². The molecule has 0 saturated carbocycles. The first kappa shape index (κ1) is 25.5. The van der Waals surface area contributed by atoms with E-state index in [9.17, 15) is 17.6 Å². The Morgan fingerprint density at radius 3 is 2.14 bits per heavy atom. The number of aryl methyl sites for hydroxylation is 1. The number of nitrogens with zero attached hydrogens (tertiary/aromatic N) is 3. The normalized spacial score (nSPS) is 17.3. The van der Waals surface area contributed by atoms with E-state index in [0.717, 1.165) is 17.9 Å². The van der Waals surface area contributed by atoms with E-state index >= 15 is 0 Å². The van der Waals surface area contributed by atoms with Crippen molar-refractivity contribution in [2.45, 2.75) is 39.0 Å². The van der Waals surface area contributed by atoms with Crippen molar-refractivity contribution in [1.82, 2.24) is 4.67 Å². The molecule has 1 saturated heterocycles. The Morgan fingerprint density at radius 2 is 1.57 bits per heavy atom. The molecule has 0 aliphatic carbocycles. The van der Waals surface area contributed by atoms with E-state index in [1.807, 2.05) is 30.0 Å². The summed E-state index contributed by atoms with van der Waals surface area (Å²) in [6.45, 7) is 10.3. The average Bonchev–Trinajstić information content (AvgIpc) is 3.23. The van der Waals surface area contributed by atoms with Gasteiger partial charge in [-0.1, -0.05) is 39.0 Å². The van der Waals surface area contributed by atoms with Crippen molar-refractivity contribution in [3.8, 4) is 0 Å². The van der Waals surface area contributed by atoms with E-state index in [1.165, 1.54) is 12.1 Å². The zero-order chi connectivity index (χ0) is 25.4. The van der Waals surface area contributed by atoms with Crippen LogP contribution in [-0.2, 0) is 6.18 Å². The smallest absolute Gasteiger partial charge is 0.416 e. The van der Waals surface area contributed by atoms with Crippen LogP contribution in [0.4, 0.5) is 28.9 Å². The van der Waals surface area contributed by atoms with E-state index in [1.54, 1.807) is 18.2 Å². The van der Waals surface area contributed by atoms with Gasteiger partial charge < -0.3 is 9.32 Å². The Labute approximate surface area is 203 Å². The molecule has 1 aliphatic heterocycles. The first-order valence-corrected chi connectivity index (χ1v) is 13.2. The molecule has 0 N–H and O–H groups in total. The zero-order valence-electron chi connectivity index (χ0n) is 20.3. The molecule has 1 aromatic heterocycles. The zero-order valence-corrected chi connectivity index (χ0v) is 21.2. The Balaban J connectivity index is 1.82. The van der Waals surface area contributed by atoms with Gasteiger partial charge in [0.05, 0.1) is 16.9 Å².